The Bertz CT molecular complexity index is 537. The van der Waals surface area contributed by atoms with Crippen LogP contribution >= 0.6 is 0 Å². The van der Waals surface area contributed by atoms with E-state index in [1.165, 1.54) is 6.26 Å². The average molecular weight is 312 g/mol. The summed E-state index contributed by atoms with van der Waals surface area (Å²) in [4.78, 5) is 0.364. The second kappa shape index (κ2) is 7.35. The van der Waals surface area contributed by atoms with Gasteiger partial charge in [0.05, 0.1) is 18.1 Å². The van der Waals surface area contributed by atoms with Crippen molar-refractivity contribution in [2.45, 2.75) is 36.9 Å². The van der Waals surface area contributed by atoms with E-state index in [9.17, 15) is 8.42 Å². The molecule has 21 heavy (non-hydrogen) atoms. The SMILES string of the molecule is CC(CC1COCCN1)NCc1ccc(S(C)(=O)=O)cc1. The van der Waals surface area contributed by atoms with Crippen molar-refractivity contribution < 1.29 is 13.2 Å². The van der Waals surface area contributed by atoms with Crippen LogP contribution in [0.4, 0.5) is 0 Å². The molecule has 5 nitrogen and oxygen atoms in total. The molecular weight excluding hydrogens is 288 g/mol. The molecule has 0 amide bonds. The van der Waals surface area contributed by atoms with Gasteiger partial charge in [0.1, 0.15) is 0 Å². The van der Waals surface area contributed by atoms with Crippen LogP contribution in [0.15, 0.2) is 29.2 Å². The Morgan fingerprint density at radius 2 is 2.10 bits per heavy atom. The second-order valence-corrected chi connectivity index (χ2v) is 7.68. The van der Waals surface area contributed by atoms with Gasteiger partial charge < -0.3 is 15.4 Å². The fourth-order valence-corrected chi connectivity index (χ4v) is 3.06. The van der Waals surface area contributed by atoms with E-state index in [4.69, 9.17) is 4.74 Å². The highest BCUT2D eigenvalue weighted by atomic mass is 32.2. The van der Waals surface area contributed by atoms with Gasteiger partial charge in [-0.1, -0.05) is 12.1 Å². The molecule has 118 valence electrons. The van der Waals surface area contributed by atoms with E-state index in [2.05, 4.69) is 17.6 Å². The van der Waals surface area contributed by atoms with Crippen LogP contribution < -0.4 is 10.6 Å². The van der Waals surface area contributed by atoms with Crippen molar-refractivity contribution in [1.82, 2.24) is 10.6 Å². The van der Waals surface area contributed by atoms with Gasteiger partial charge in [0.2, 0.25) is 0 Å². The minimum absolute atomic E-state index is 0.364. The van der Waals surface area contributed by atoms with Gasteiger partial charge >= 0.3 is 0 Å². The molecule has 1 saturated heterocycles. The predicted octanol–water partition coefficient (Wildman–Crippen LogP) is 0.947. The van der Waals surface area contributed by atoms with E-state index >= 15 is 0 Å². The molecular formula is C15H24N2O3S. The molecule has 0 saturated carbocycles. The lowest BCUT2D eigenvalue weighted by Crippen LogP contribution is -2.44. The van der Waals surface area contributed by atoms with Crippen LogP contribution in [0.1, 0.15) is 18.9 Å². The smallest absolute Gasteiger partial charge is 0.175 e. The molecule has 1 aromatic rings. The zero-order valence-electron chi connectivity index (χ0n) is 12.6. The summed E-state index contributed by atoms with van der Waals surface area (Å²) < 4.78 is 28.2. The van der Waals surface area contributed by atoms with E-state index in [0.29, 0.717) is 17.0 Å². The van der Waals surface area contributed by atoms with Crippen molar-refractivity contribution in [3.63, 3.8) is 0 Å². The van der Waals surface area contributed by atoms with Crippen LogP contribution in [0.25, 0.3) is 0 Å². The van der Waals surface area contributed by atoms with Gasteiger partial charge in [0, 0.05) is 31.4 Å². The van der Waals surface area contributed by atoms with Crippen molar-refractivity contribution in [3.8, 4) is 0 Å². The summed E-state index contributed by atoms with van der Waals surface area (Å²) in [5.41, 5.74) is 1.09. The van der Waals surface area contributed by atoms with Crippen LogP contribution in [-0.4, -0.2) is 46.5 Å². The largest absolute Gasteiger partial charge is 0.379 e. The standard InChI is InChI=1S/C15H24N2O3S/c1-12(9-14-11-20-8-7-16-14)17-10-13-3-5-15(6-4-13)21(2,18)19/h3-6,12,14,16-17H,7-11H2,1-2H3. The van der Waals surface area contributed by atoms with Crippen LogP contribution in [0.3, 0.4) is 0 Å². The van der Waals surface area contributed by atoms with Crippen molar-refractivity contribution >= 4 is 9.84 Å². The van der Waals surface area contributed by atoms with E-state index in [1.54, 1.807) is 12.1 Å². The Labute approximate surface area is 127 Å². The van der Waals surface area contributed by atoms with Crippen LogP contribution in [-0.2, 0) is 21.1 Å². The highest BCUT2D eigenvalue weighted by Gasteiger charge is 2.15. The first-order chi connectivity index (χ1) is 9.95. The molecule has 0 spiro atoms. The molecule has 0 aliphatic carbocycles. The van der Waals surface area contributed by atoms with Crippen molar-refractivity contribution in [2.24, 2.45) is 0 Å². The number of morpholine rings is 1. The van der Waals surface area contributed by atoms with E-state index < -0.39 is 9.84 Å². The number of rotatable bonds is 6. The van der Waals surface area contributed by atoms with Gasteiger partial charge in [0.15, 0.2) is 9.84 Å². The lowest BCUT2D eigenvalue weighted by Gasteiger charge is -2.26. The number of nitrogens with one attached hydrogen (secondary N) is 2. The minimum atomic E-state index is -3.11. The van der Waals surface area contributed by atoms with Gasteiger partial charge in [-0.2, -0.15) is 0 Å². The van der Waals surface area contributed by atoms with Gasteiger partial charge in [0.25, 0.3) is 0 Å². The maximum Gasteiger partial charge on any atom is 0.175 e. The summed E-state index contributed by atoms with van der Waals surface area (Å²) in [6, 6.07) is 7.82. The minimum Gasteiger partial charge on any atom is -0.379 e. The number of sulfone groups is 1. The van der Waals surface area contributed by atoms with Gasteiger partial charge in [-0.25, -0.2) is 8.42 Å². The van der Waals surface area contributed by atoms with Crippen molar-refractivity contribution in [1.29, 1.82) is 0 Å². The van der Waals surface area contributed by atoms with Gasteiger partial charge in [-0.3, -0.25) is 0 Å². The highest BCUT2D eigenvalue weighted by Crippen LogP contribution is 2.11. The maximum atomic E-state index is 11.4. The van der Waals surface area contributed by atoms with Crippen LogP contribution in [0.5, 0.6) is 0 Å². The van der Waals surface area contributed by atoms with E-state index in [1.807, 2.05) is 12.1 Å². The third-order valence-corrected chi connectivity index (χ3v) is 4.77. The fourth-order valence-electron chi connectivity index (χ4n) is 2.43. The van der Waals surface area contributed by atoms with Crippen LogP contribution in [0.2, 0.25) is 0 Å². The fraction of sp³-hybridized carbons (Fsp3) is 0.600. The first kappa shape index (κ1) is 16.4. The Kier molecular flexibility index (Phi) is 5.75. The normalized spacial score (nSPS) is 21.1. The molecule has 6 heteroatoms. The van der Waals surface area contributed by atoms with E-state index in [-0.39, 0.29) is 0 Å². The summed E-state index contributed by atoms with van der Waals surface area (Å²) in [7, 11) is -3.11. The number of hydrogen-bond donors (Lipinski definition) is 2. The molecule has 1 fully saturated rings. The summed E-state index contributed by atoms with van der Waals surface area (Å²) in [5.74, 6) is 0. The average Bonchev–Trinajstić information content (AvgIpc) is 2.46. The molecule has 0 aromatic heterocycles. The van der Waals surface area contributed by atoms with Gasteiger partial charge in [-0.05, 0) is 31.0 Å². The zero-order chi connectivity index (χ0) is 15.3. The lowest BCUT2D eigenvalue weighted by molar-refractivity contribution is 0.0712. The number of hydrogen-bond acceptors (Lipinski definition) is 5. The first-order valence-corrected chi connectivity index (χ1v) is 9.18. The summed E-state index contributed by atoms with van der Waals surface area (Å²) >= 11 is 0. The molecule has 2 atom stereocenters. The molecule has 0 radical (unpaired) electrons. The van der Waals surface area contributed by atoms with E-state index in [0.717, 1.165) is 38.3 Å². The molecule has 2 unspecified atom stereocenters. The molecule has 1 aliphatic rings. The monoisotopic (exact) mass is 312 g/mol. The summed E-state index contributed by atoms with van der Waals surface area (Å²) in [6.07, 6.45) is 2.24. The Balaban J connectivity index is 1.79. The maximum absolute atomic E-state index is 11.4. The molecule has 1 aromatic carbocycles. The third-order valence-electron chi connectivity index (χ3n) is 3.64. The van der Waals surface area contributed by atoms with Gasteiger partial charge in [-0.15, -0.1) is 0 Å². The Morgan fingerprint density at radius 3 is 2.67 bits per heavy atom. The number of benzene rings is 1. The molecule has 2 N–H and O–H groups in total. The zero-order valence-corrected chi connectivity index (χ0v) is 13.4. The molecule has 0 bridgehead atoms. The molecule has 1 aliphatic heterocycles. The van der Waals surface area contributed by atoms with Crippen molar-refractivity contribution in [2.75, 3.05) is 26.0 Å². The second-order valence-electron chi connectivity index (χ2n) is 5.66. The summed E-state index contributed by atoms with van der Waals surface area (Å²) in [5, 5.41) is 6.90. The highest BCUT2D eigenvalue weighted by molar-refractivity contribution is 7.90. The lowest BCUT2D eigenvalue weighted by atomic mass is 10.1. The third kappa shape index (κ3) is 5.39. The topological polar surface area (TPSA) is 67.4 Å². The Morgan fingerprint density at radius 1 is 1.38 bits per heavy atom. The van der Waals surface area contributed by atoms with Crippen molar-refractivity contribution in [3.05, 3.63) is 29.8 Å². The predicted molar refractivity (Wildman–Crippen MR) is 83.1 cm³/mol. The molecule has 1 heterocycles. The summed E-state index contributed by atoms with van der Waals surface area (Å²) in [6.45, 7) is 5.38. The van der Waals surface area contributed by atoms with Crippen LogP contribution in [0, 0.1) is 0 Å². The first-order valence-electron chi connectivity index (χ1n) is 7.28. The quantitative estimate of drug-likeness (QED) is 0.818. The number of ether oxygens (including phenoxy) is 1. The molecule has 2 rings (SSSR count). The Hall–Kier alpha value is -0.950.